The summed E-state index contributed by atoms with van der Waals surface area (Å²) in [5, 5.41) is 14.4. The first-order valence-electron chi connectivity index (χ1n) is 5.64. The average molecular weight is 347 g/mol. The molecule has 0 spiro atoms. The molecule has 0 bridgehead atoms. The molecule has 0 heterocycles. The van der Waals surface area contributed by atoms with E-state index in [4.69, 9.17) is 5.14 Å². The van der Waals surface area contributed by atoms with Gasteiger partial charge in [0.15, 0.2) is 0 Å². The number of primary sulfonamides is 1. The molecule has 4 N–H and O–H groups in total. The predicted octanol–water partition coefficient (Wildman–Crippen LogP) is 1.09. The minimum absolute atomic E-state index is 0.429. The maximum atomic E-state index is 14.0. The summed E-state index contributed by atoms with van der Waals surface area (Å²) in [6.07, 6.45) is 0. The third-order valence-corrected chi connectivity index (χ3v) is 4.64. The number of aromatic hydroxyl groups is 1. The fraction of sp³-hybridized carbons (Fsp3) is 0. The summed E-state index contributed by atoms with van der Waals surface area (Å²) in [6, 6.07) is 5.52. The fourth-order valence-electron chi connectivity index (χ4n) is 1.93. The van der Waals surface area contributed by atoms with Crippen LogP contribution < -0.4 is 5.14 Å². The van der Waals surface area contributed by atoms with Gasteiger partial charge in [-0.05, 0) is 30.3 Å². The van der Waals surface area contributed by atoms with E-state index in [0.717, 1.165) is 36.4 Å². The molecule has 0 amide bonds. The Labute approximate surface area is 125 Å². The van der Waals surface area contributed by atoms with Gasteiger partial charge in [0.1, 0.15) is 16.5 Å². The number of rotatable bonds is 3. The van der Waals surface area contributed by atoms with E-state index in [2.05, 4.69) is 0 Å². The van der Waals surface area contributed by atoms with Gasteiger partial charge in [0.2, 0.25) is 10.0 Å². The molecule has 2 rings (SSSR count). The van der Waals surface area contributed by atoms with Gasteiger partial charge in [0.05, 0.1) is 4.90 Å². The van der Waals surface area contributed by atoms with Crippen molar-refractivity contribution < 1.29 is 30.9 Å². The highest BCUT2D eigenvalue weighted by Crippen LogP contribution is 2.36. The molecule has 118 valence electrons. The molecule has 2 aromatic rings. The average Bonchev–Trinajstić information content (AvgIpc) is 2.38. The first kappa shape index (κ1) is 16.4. The molecular formula is C12H10FNO6S2. The largest absolute Gasteiger partial charge is 0.508 e. The third-order valence-electron chi connectivity index (χ3n) is 2.79. The third kappa shape index (κ3) is 3.09. The van der Waals surface area contributed by atoms with Crippen LogP contribution in [0.2, 0.25) is 0 Å². The molecule has 0 aliphatic heterocycles. The zero-order chi connectivity index (χ0) is 16.7. The van der Waals surface area contributed by atoms with E-state index in [1.54, 1.807) is 0 Å². The number of sulfonamides is 1. The Morgan fingerprint density at radius 1 is 1.00 bits per heavy atom. The van der Waals surface area contributed by atoms with Crippen molar-refractivity contribution in [2.75, 3.05) is 0 Å². The zero-order valence-electron chi connectivity index (χ0n) is 10.8. The summed E-state index contributed by atoms with van der Waals surface area (Å²) in [5.74, 6) is -1.43. The SMILES string of the molecule is NS(=O)(=O)c1cccc(S(=O)(=O)O)c1-c1cc(O)ccc1F. The fourth-order valence-corrected chi connectivity index (χ4v) is 3.50. The Balaban J connectivity index is 3.03. The van der Waals surface area contributed by atoms with Crippen LogP contribution in [0, 0.1) is 5.82 Å². The Morgan fingerprint density at radius 3 is 2.14 bits per heavy atom. The lowest BCUT2D eigenvalue weighted by molar-refractivity contribution is 0.473. The van der Waals surface area contributed by atoms with Gasteiger partial charge >= 0.3 is 0 Å². The van der Waals surface area contributed by atoms with Crippen LogP contribution in [0.5, 0.6) is 5.75 Å². The maximum absolute atomic E-state index is 14.0. The summed E-state index contributed by atoms with van der Waals surface area (Å²) in [7, 11) is -9.28. The Morgan fingerprint density at radius 2 is 1.59 bits per heavy atom. The second kappa shape index (κ2) is 5.32. The summed E-state index contributed by atoms with van der Waals surface area (Å²) in [6.45, 7) is 0. The van der Waals surface area contributed by atoms with Crippen molar-refractivity contribution in [2.24, 2.45) is 5.14 Å². The number of phenolic OH excluding ortho intramolecular Hbond substituents is 1. The molecule has 10 heteroatoms. The summed E-state index contributed by atoms with van der Waals surface area (Å²) in [4.78, 5) is -1.55. The van der Waals surface area contributed by atoms with E-state index in [1.165, 1.54) is 0 Å². The second-order valence-corrected chi connectivity index (χ2v) is 7.23. The van der Waals surface area contributed by atoms with E-state index in [-0.39, 0.29) is 0 Å². The highest BCUT2D eigenvalue weighted by molar-refractivity contribution is 7.89. The van der Waals surface area contributed by atoms with Crippen molar-refractivity contribution in [1.82, 2.24) is 0 Å². The number of hydrogen-bond acceptors (Lipinski definition) is 5. The van der Waals surface area contributed by atoms with Crippen molar-refractivity contribution in [3.8, 4) is 16.9 Å². The Kier molecular flexibility index (Phi) is 3.96. The summed E-state index contributed by atoms with van der Waals surface area (Å²) in [5.41, 5.74) is -1.18. The molecule has 0 aromatic heterocycles. The van der Waals surface area contributed by atoms with Crippen molar-refractivity contribution >= 4 is 20.1 Å². The normalized spacial score (nSPS) is 12.3. The van der Waals surface area contributed by atoms with Gasteiger partial charge in [-0.1, -0.05) is 6.07 Å². The highest BCUT2D eigenvalue weighted by Gasteiger charge is 2.26. The molecular weight excluding hydrogens is 337 g/mol. The van der Waals surface area contributed by atoms with Crippen molar-refractivity contribution in [2.45, 2.75) is 9.79 Å². The Bertz CT molecular complexity index is 903. The van der Waals surface area contributed by atoms with Gasteiger partial charge in [0.25, 0.3) is 10.1 Å². The maximum Gasteiger partial charge on any atom is 0.295 e. The van der Waals surface area contributed by atoms with Crippen LogP contribution in [-0.2, 0) is 20.1 Å². The lowest BCUT2D eigenvalue weighted by atomic mass is 10.0. The van der Waals surface area contributed by atoms with Crippen molar-refractivity contribution in [3.05, 3.63) is 42.2 Å². The molecule has 0 radical (unpaired) electrons. The second-order valence-electron chi connectivity index (χ2n) is 4.31. The monoisotopic (exact) mass is 347 g/mol. The molecule has 22 heavy (non-hydrogen) atoms. The van der Waals surface area contributed by atoms with Gasteiger partial charge in [-0.25, -0.2) is 17.9 Å². The van der Waals surface area contributed by atoms with Crippen LogP contribution in [-0.4, -0.2) is 26.5 Å². The zero-order valence-corrected chi connectivity index (χ0v) is 12.4. The van der Waals surface area contributed by atoms with E-state index >= 15 is 0 Å². The van der Waals surface area contributed by atoms with E-state index in [0.29, 0.717) is 0 Å². The molecule has 0 aliphatic rings. The Hall–Kier alpha value is -2.01. The van der Waals surface area contributed by atoms with Gasteiger partial charge in [-0.15, -0.1) is 0 Å². The van der Waals surface area contributed by atoms with Gasteiger partial charge < -0.3 is 5.11 Å². The minimum Gasteiger partial charge on any atom is -0.508 e. The number of halogens is 1. The van der Waals surface area contributed by atoms with Gasteiger partial charge in [0, 0.05) is 11.1 Å². The highest BCUT2D eigenvalue weighted by atomic mass is 32.2. The van der Waals surface area contributed by atoms with Gasteiger partial charge in [-0.3, -0.25) is 4.55 Å². The first-order chi connectivity index (χ1) is 10.0. The van der Waals surface area contributed by atoms with Crippen molar-refractivity contribution in [3.63, 3.8) is 0 Å². The van der Waals surface area contributed by atoms with Crippen LogP contribution in [0.15, 0.2) is 46.2 Å². The number of benzene rings is 2. The lowest BCUT2D eigenvalue weighted by Crippen LogP contribution is -2.15. The quantitative estimate of drug-likeness (QED) is 0.711. The number of nitrogens with two attached hydrogens (primary N) is 1. The van der Waals surface area contributed by atoms with Crippen LogP contribution >= 0.6 is 0 Å². The molecule has 0 fully saturated rings. The molecule has 0 saturated carbocycles. The summed E-state index contributed by atoms with van der Waals surface area (Å²) >= 11 is 0. The number of hydrogen-bond donors (Lipinski definition) is 3. The smallest absolute Gasteiger partial charge is 0.295 e. The molecule has 0 saturated heterocycles. The van der Waals surface area contributed by atoms with E-state index < -0.39 is 52.6 Å². The van der Waals surface area contributed by atoms with Gasteiger partial charge in [-0.2, -0.15) is 8.42 Å². The minimum atomic E-state index is -4.86. The number of phenols is 1. The molecule has 0 aliphatic carbocycles. The molecule has 2 aromatic carbocycles. The van der Waals surface area contributed by atoms with Crippen LogP contribution in [0.4, 0.5) is 4.39 Å². The van der Waals surface area contributed by atoms with Crippen LogP contribution in [0.25, 0.3) is 11.1 Å². The predicted molar refractivity (Wildman–Crippen MR) is 74.7 cm³/mol. The molecule has 0 atom stereocenters. The first-order valence-corrected chi connectivity index (χ1v) is 8.62. The van der Waals surface area contributed by atoms with E-state index in [9.17, 15) is 30.9 Å². The van der Waals surface area contributed by atoms with Crippen LogP contribution in [0.1, 0.15) is 0 Å². The van der Waals surface area contributed by atoms with Crippen molar-refractivity contribution in [1.29, 1.82) is 0 Å². The molecule has 7 nitrogen and oxygen atoms in total. The standard InChI is InChI=1S/C12H10FNO6S2/c13-9-5-4-7(15)6-8(9)12-10(21(14,16)17)2-1-3-11(12)22(18,19)20/h1-6,15H,(H2,14,16,17)(H,18,19,20). The van der Waals surface area contributed by atoms with E-state index in [1.807, 2.05) is 0 Å². The van der Waals surface area contributed by atoms with Crippen LogP contribution in [0.3, 0.4) is 0 Å². The lowest BCUT2D eigenvalue weighted by Gasteiger charge is -2.13. The topological polar surface area (TPSA) is 135 Å². The molecule has 0 unspecified atom stereocenters. The summed E-state index contributed by atoms with van der Waals surface area (Å²) < 4.78 is 69.3.